The molecule has 3 rings (SSSR count). The van der Waals surface area contributed by atoms with Gasteiger partial charge in [-0.25, -0.2) is 14.8 Å². The number of aromatic carboxylic acids is 1. The molecule has 0 radical (unpaired) electrons. The molecule has 3 aromatic rings. The zero-order valence-electron chi connectivity index (χ0n) is 12.9. The maximum atomic E-state index is 12.3. The van der Waals surface area contributed by atoms with Gasteiger partial charge in [-0.15, -0.1) is 0 Å². The fourth-order valence-electron chi connectivity index (χ4n) is 2.02. The number of ether oxygens (including phenoxy) is 1. The Morgan fingerprint density at radius 3 is 2.44 bits per heavy atom. The highest BCUT2D eigenvalue weighted by molar-refractivity contribution is 6.05. The van der Waals surface area contributed by atoms with Crippen LogP contribution in [0.5, 0.6) is 11.6 Å². The Labute approximate surface area is 142 Å². The third-order valence-electron chi connectivity index (χ3n) is 3.22. The molecular weight excluding hydrogens is 322 g/mol. The molecule has 7 nitrogen and oxygen atoms in total. The van der Waals surface area contributed by atoms with E-state index in [9.17, 15) is 9.59 Å². The Morgan fingerprint density at radius 1 is 0.960 bits per heavy atom. The van der Waals surface area contributed by atoms with Crippen LogP contribution in [0.1, 0.15) is 20.8 Å². The molecule has 0 unspecified atom stereocenters. The standard InChI is InChI=1S/C18H13N3O4/c22-16(12-8-9-15(18(23)24)20-11-12)21-14-7-4-10-19-17(14)25-13-5-2-1-3-6-13/h1-11H,(H,21,22)(H,23,24). The van der Waals surface area contributed by atoms with Gasteiger partial charge < -0.3 is 15.2 Å². The van der Waals surface area contributed by atoms with Gasteiger partial charge in [-0.3, -0.25) is 4.79 Å². The summed E-state index contributed by atoms with van der Waals surface area (Å²) in [6.45, 7) is 0. The van der Waals surface area contributed by atoms with Crippen LogP contribution in [0, 0.1) is 0 Å². The van der Waals surface area contributed by atoms with Crippen molar-refractivity contribution in [2.45, 2.75) is 0 Å². The van der Waals surface area contributed by atoms with Gasteiger partial charge in [0.15, 0.2) is 0 Å². The lowest BCUT2D eigenvalue weighted by Gasteiger charge is -2.11. The SMILES string of the molecule is O=C(Nc1cccnc1Oc1ccccc1)c1ccc(C(=O)O)nc1. The molecule has 0 spiro atoms. The molecule has 0 bridgehead atoms. The number of carboxylic acid groups (broad SMARTS) is 1. The van der Waals surface area contributed by atoms with Crippen LogP contribution in [0.15, 0.2) is 67.0 Å². The van der Waals surface area contributed by atoms with Gasteiger partial charge in [-0.2, -0.15) is 0 Å². The van der Waals surface area contributed by atoms with E-state index in [1.165, 1.54) is 18.3 Å². The van der Waals surface area contributed by atoms with Crippen molar-refractivity contribution in [1.82, 2.24) is 9.97 Å². The average Bonchev–Trinajstić information content (AvgIpc) is 2.64. The summed E-state index contributed by atoms with van der Waals surface area (Å²) in [4.78, 5) is 31.0. The van der Waals surface area contributed by atoms with E-state index in [1.54, 1.807) is 30.5 Å². The van der Waals surface area contributed by atoms with Gasteiger partial charge >= 0.3 is 5.97 Å². The molecule has 7 heteroatoms. The van der Waals surface area contributed by atoms with Crippen molar-refractivity contribution in [2.75, 3.05) is 5.32 Å². The molecule has 124 valence electrons. The van der Waals surface area contributed by atoms with Gasteiger partial charge in [-0.1, -0.05) is 18.2 Å². The minimum Gasteiger partial charge on any atom is -0.477 e. The number of benzene rings is 1. The topological polar surface area (TPSA) is 101 Å². The van der Waals surface area contributed by atoms with Crippen LogP contribution in [-0.2, 0) is 0 Å². The van der Waals surface area contributed by atoms with Crippen LogP contribution in [0.25, 0.3) is 0 Å². The van der Waals surface area contributed by atoms with Gasteiger partial charge in [0.05, 0.1) is 5.56 Å². The lowest BCUT2D eigenvalue weighted by Crippen LogP contribution is -2.14. The highest BCUT2D eigenvalue weighted by Gasteiger charge is 2.13. The van der Waals surface area contributed by atoms with E-state index in [2.05, 4.69) is 15.3 Å². The van der Waals surface area contributed by atoms with E-state index in [1.807, 2.05) is 18.2 Å². The summed E-state index contributed by atoms with van der Waals surface area (Å²) in [5, 5.41) is 11.5. The summed E-state index contributed by atoms with van der Waals surface area (Å²) in [5.74, 6) is -0.769. The van der Waals surface area contributed by atoms with E-state index >= 15 is 0 Å². The molecule has 1 amide bonds. The van der Waals surface area contributed by atoms with Crippen LogP contribution in [0.2, 0.25) is 0 Å². The van der Waals surface area contributed by atoms with Crippen molar-refractivity contribution in [3.63, 3.8) is 0 Å². The molecular formula is C18H13N3O4. The number of nitrogens with zero attached hydrogens (tertiary/aromatic N) is 2. The third-order valence-corrected chi connectivity index (χ3v) is 3.22. The van der Waals surface area contributed by atoms with Crippen LogP contribution < -0.4 is 10.1 Å². The van der Waals surface area contributed by atoms with Gasteiger partial charge in [0, 0.05) is 12.4 Å². The molecule has 0 aliphatic rings. The molecule has 2 N–H and O–H groups in total. The van der Waals surface area contributed by atoms with Crippen LogP contribution >= 0.6 is 0 Å². The second kappa shape index (κ2) is 7.22. The molecule has 0 atom stereocenters. The van der Waals surface area contributed by atoms with E-state index < -0.39 is 11.9 Å². The maximum Gasteiger partial charge on any atom is 0.354 e. The third kappa shape index (κ3) is 3.97. The van der Waals surface area contributed by atoms with Gasteiger partial charge in [0.2, 0.25) is 5.88 Å². The summed E-state index contributed by atoms with van der Waals surface area (Å²) in [6, 6.07) is 15.0. The Bertz CT molecular complexity index is 896. The van der Waals surface area contributed by atoms with Crippen LogP contribution in [0.4, 0.5) is 5.69 Å². The first kappa shape index (κ1) is 16.1. The van der Waals surface area contributed by atoms with Crippen LogP contribution in [-0.4, -0.2) is 27.0 Å². The summed E-state index contributed by atoms with van der Waals surface area (Å²) in [5.41, 5.74) is 0.476. The fraction of sp³-hybridized carbons (Fsp3) is 0. The predicted octanol–water partition coefficient (Wildman–Crippen LogP) is 3.22. The highest BCUT2D eigenvalue weighted by atomic mass is 16.5. The Hall–Kier alpha value is -3.74. The fourth-order valence-corrected chi connectivity index (χ4v) is 2.02. The number of rotatable bonds is 5. The number of para-hydroxylation sites is 1. The number of carboxylic acids is 1. The Morgan fingerprint density at radius 2 is 1.76 bits per heavy atom. The van der Waals surface area contributed by atoms with Crippen molar-refractivity contribution >= 4 is 17.6 Å². The van der Waals surface area contributed by atoms with Crippen LogP contribution in [0.3, 0.4) is 0 Å². The summed E-state index contributed by atoms with van der Waals surface area (Å²) in [6.07, 6.45) is 2.75. The van der Waals surface area contributed by atoms with Gasteiger partial charge in [0.1, 0.15) is 17.1 Å². The maximum absolute atomic E-state index is 12.3. The van der Waals surface area contributed by atoms with Crippen molar-refractivity contribution in [1.29, 1.82) is 0 Å². The molecule has 1 aromatic carbocycles. The van der Waals surface area contributed by atoms with E-state index in [0.717, 1.165) is 0 Å². The molecule has 0 aliphatic carbocycles. The second-order valence-electron chi connectivity index (χ2n) is 4.96. The van der Waals surface area contributed by atoms with E-state index in [0.29, 0.717) is 11.4 Å². The molecule has 0 aliphatic heterocycles. The summed E-state index contributed by atoms with van der Waals surface area (Å²) < 4.78 is 5.68. The number of carbonyl (C=O) groups is 2. The number of pyridine rings is 2. The first-order valence-corrected chi connectivity index (χ1v) is 7.32. The lowest BCUT2D eigenvalue weighted by atomic mass is 10.2. The second-order valence-corrected chi connectivity index (χ2v) is 4.96. The highest BCUT2D eigenvalue weighted by Crippen LogP contribution is 2.26. The quantitative estimate of drug-likeness (QED) is 0.742. The monoisotopic (exact) mass is 335 g/mol. The molecule has 2 heterocycles. The summed E-state index contributed by atoms with van der Waals surface area (Å²) >= 11 is 0. The summed E-state index contributed by atoms with van der Waals surface area (Å²) in [7, 11) is 0. The molecule has 0 fully saturated rings. The van der Waals surface area contributed by atoms with Crippen molar-refractivity contribution < 1.29 is 19.4 Å². The lowest BCUT2D eigenvalue weighted by molar-refractivity contribution is 0.0690. The first-order valence-electron chi connectivity index (χ1n) is 7.32. The Kier molecular flexibility index (Phi) is 4.66. The molecule has 2 aromatic heterocycles. The van der Waals surface area contributed by atoms with Crippen molar-refractivity contribution in [3.05, 3.63) is 78.2 Å². The zero-order valence-corrected chi connectivity index (χ0v) is 12.9. The number of nitrogens with one attached hydrogen (secondary N) is 1. The molecule has 25 heavy (non-hydrogen) atoms. The molecule has 0 saturated heterocycles. The minimum atomic E-state index is -1.15. The van der Waals surface area contributed by atoms with Gasteiger partial charge in [-0.05, 0) is 36.4 Å². The zero-order chi connectivity index (χ0) is 17.6. The number of amides is 1. The number of hydrogen-bond acceptors (Lipinski definition) is 5. The first-order chi connectivity index (χ1) is 12.1. The minimum absolute atomic E-state index is 0.133. The number of hydrogen-bond donors (Lipinski definition) is 2. The van der Waals surface area contributed by atoms with E-state index in [-0.39, 0.29) is 17.1 Å². The smallest absolute Gasteiger partial charge is 0.354 e. The molecule has 0 saturated carbocycles. The van der Waals surface area contributed by atoms with Crippen molar-refractivity contribution in [3.8, 4) is 11.6 Å². The van der Waals surface area contributed by atoms with Gasteiger partial charge in [0.25, 0.3) is 5.91 Å². The Balaban J connectivity index is 1.78. The predicted molar refractivity (Wildman–Crippen MR) is 89.9 cm³/mol. The number of anilines is 1. The van der Waals surface area contributed by atoms with Crippen molar-refractivity contribution in [2.24, 2.45) is 0 Å². The normalized spacial score (nSPS) is 10.1. The van der Waals surface area contributed by atoms with E-state index in [4.69, 9.17) is 9.84 Å². The largest absolute Gasteiger partial charge is 0.477 e. The average molecular weight is 335 g/mol. The number of carbonyl (C=O) groups excluding carboxylic acids is 1. The number of aromatic nitrogens is 2.